The van der Waals surface area contributed by atoms with Crippen molar-refractivity contribution in [2.24, 2.45) is 0 Å². The fraction of sp³-hybridized carbons (Fsp3) is 0. The van der Waals surface area contributed by atoms with E-state index in [4.69, 9.17) is 0 Å². The molecule has 0 bridgehead atoms. The molecule has 1 aromatic heterocycles. The van der Waals surface area contributed by atoms with Crippen LogP contribution in [0.25, 0.3) is 23.3 Å². The van der Waals surface area contributed by atoms with Crippen LogP contribution in [0.3, 0.4) is 0 Å². The highest BCUT2D eigenvalue weighted by molar-refractivity contribution is 5.78. The summed E-state index contributed by atoms with van der Waals surface area (Å²) < 4.78 is 0. The molecule has 0 unspecified atom stereocenters. The molecular formula is C11H9N3O. The van der Waals surface area contributed by atoms with E-state index in [2.05, 4.69) is 15.8 Å². The van der Waals surface area contributed by atoms with Gasteiger partial charge in [-0.2, -0.15) is 0 Å². The van der Waals surface area contributed by atoms with E-state index in [0.29, 0.717) is 10.6 Å². The van der Waals surface area contributed by atoms with Crippen molar-refractivity contribution < 1.29 is 0 Å². The smallest absolute Gasteiger partial charge is 0.198 e. The van der Waals surface area contributed by atoms with Crippen LogP contribution in [-0.2, 0) is 0 Å². The molecule has 0 spiro atoms. The van der Waals surface area contributed by atoms with Crippen LogP contribution in [0.15, 0.2) is 29.1 Å². The van der Waals surface area contributed by atoms with Crippen LogP contribution in [0.2, 0.25) is 0 Å². The number of hydrazine groups is 1. The second-order valence-electron chi connectivity index (χ2n) is 3.40. The molecule has 3 N–H and O–H groups in total. The van der Waals surface area contributed by atoms with E-state index in [1.54, 1.807) is 12.4 Å². The molecule has 0 fully saturated rings. The Morgan fingerprint density at radius 1 is 1.00 bits per heavy atom. The first-order valence-electron chi connectivity index (χ1n) is 4.69. The summed E-state index contributed by atoms with van der Waals surface area (Å²) >= 11 is 0. The molecule has 0 saturated carbocycles. The molecule has 0 amide bonds. The number of aromatic nitrogens is 1. The lowest BCUT2D eigenvalue weighted by Crippen LogP contribution is -2.48. The summed E-state index contributed by atoms with van der Waals surface area (Å²) in [6.07, 6.45) is 3.41. The van der Waals surface area contributed by atoms with Crippen LogP contribution >= 0.6 is 0 Å². The Morgan fingerprint density at radius 2 is 1.80 bits per heavy atom. The van der Waals surface area contributed by atoms with Crippen molar-refractivity contribution in [3.05, 3.63) is 45.1 Å². The summed E-state index contributed by atoms with van der Waals surface area (Å²) in [6.45, 7) is 0. The number of fused-ring (bicyclic) bond motifs is 2. The molecule has 2 aromatic rings. The number of rotatable bonds is 0. The normalized spacial score (nSPS) is 13.1. The lowest BCUT2D eigenvalue weighted by Gasteiger charge is -2.06. The molecule has 0 atom stereocenters. The van der Waals surface area contributed by atoms with Crippen molar-refractivity contribution in [2.75, 3.05) is 0 Å². The summed E-state index contributed by atoms with van der Waals surface area (Å²) in [5.41, 5.74) is 6.53. The van der Waals surface area contributed by atoms with E-state index in [1.807, 2.05) is 24.3 Å². The van der Waals surface area contributed by atoms with Crippen molar-refractivity contribution in [1.82, 2.24) is 15.8 Å². The number of benzene rings is 1. The van der Waals surface area contributed by atoms with Crippen LogP contribution in [0, 0.1) is 0 Å². The quantitative estimate of drug-likeness (QED) is 0.516. The summed E-state index contributed by atoms with van der Waals surface area (Å²) in [4.78, 5) is 15.2. The van der Waals surface area contributed by atoms with Gasteiger partial charge >= 0.3 is 0 Å². The third-order valence-electron chi connectivity index (χ3n) is 2.49. The van der Waals surface area contributed by atoms with Crippen molar-refractivity contribution in [2.45, 2.75) is 0 Å². The van der Waals surface area contributed by atoms with Crippen molar-refractivity contribution in [3.8, 4) is 0 Å². The van der Waals surface area contributed by atoms with E-state index >= 15 is 0 Å². The van der Waals surface area contributed by atoms with E-state index < -0.39 is 0 Å². The van der Waals surface area contributed by atoms with Gasteiger partial charge in [-0.25, -0.2) is 0 Å². The van der Waals surface area contributed by atoms with Crippen LogP contribution in [0.4, 0.5) is 0 Å². The molecule has 0 saturated heterocycles. The van der Waals surface area contributed by atoms with Crippen LogP contribution in [0.5, 0.6) is 0 Å². The van der Waals surface area contributed by atoms with Crippen LogP contribution in [0.1, 0.15) is 0 Å². The van der Waals surface area contributed by atoms with E-state index in [-0.39, 0.29) is 5.43 Å². The van der Waals surface area contributed by atoms with Gasteiger partial charge in [0.1, 0.15) is 0 Å². The fourth-order valence-corrected chi connectivity index (χ4v) is 1.75. The minimum Gasteiger partial charge on any atom is -0.353 e. The van der Waals surface area contributed by atoms with Crippen molar-refractivity contribution in [3.63, 3.8) is 0 Å². The fourth-order valence-electron chi connectivity index (χ4n) is 1.75. The average Bonchev–Trinajstić information content (AvgIpc) is 2.30. The third-order valence-corrected chi connectivity index (χ3v) is 2.49. The number of nitrogens with one attached hydrogen (secondary N) is 3. The predicted molar refractivity (Wildman–Crippen MR) is 59.0 cm³/mol. The second-order valence-corrected chi connectivity index (χ2v) is 3.40. The van der Waals surface area contributed by atoms with Gasteiger partial charge in [-0.3, -0.25) is 4.79 Å². The highest BCUT2D eigenvalue weighted by Crippen LogP contribution is 2.01. The minimum atomic E-state index is 0.0459. The maximum absolute atomic E-state index is 12.0. The summed E-state index contributed by atoms with van der Waals surface area (Å²) in [6, 6.07) is 7.49. The van der Waals surface area contributed by atoms with Gasteiger partial charge in [-0.1, -0.05) is 12.1 Å². The summed E-state index contributed by atoms with van der Waals surface area (Å²) in [5, 5.41) is 2.18. The molecule has 0 aliphatic carbocycles. The number of pyridine rings is 1. The summed E-state index contributed by atoms with van der Waals surface area (Å²) in [5.74, 6) is 0. The zero-order chi connectivity index (χ0) is 10.3. The number of para-hydroxylation sites is 1. The Kier molecular flexibility index (Phi) is 1.56. The van der Waals surface area contributed by atoms with Gasteiger partial charge in [-0.05, 0) is 12.1 Å². The van der Waals surface area contributed by atoms with Gasteiger partial charge in [0.15, 0.2) is 5.43 Å². The molecular weight excluding hydrogens is 190 g/mol. The molecule has 1 aliphatic heterocycles. The maximum Gasteiger partial charge on any atom is 0.198 e. The Labute approximate surface area is 84.9 Å². The molecule has 4 heteroatoms. The van der Waals surface area contributed by atoms with Gasteiger partial charge in [0.2, 0.25) is 0 Å². The summed E-state index contributed by atoms with van der Waals surface area (Å²) in [7, 11) is 0. The van der Waals surface area contributed by atoms with Gasteiger partial charge in [0, 0.05) is 23.3 Å². The third kappa shape index (κ3) is 1.11. The Morgan fingerprint density at radius 3 is 2.73 bits per heavy atom. The van der Waals surface area contributed by atoms with Crippen LogP contribution in [-0.4, -0.2) is 4.98 Å². The molecule has 0 radical (unpaired) electrons. The number of hydrogen-bond donors (Lipinski definition) is 3. The largest absolute Gasteiger partial charge is 0.353 e. The van der Waals surface area contributed by atoms with Gasteiger partial charge < -0.3 is 15.8 Å². The highest BCUT2D eigenvalue weighted by atomic mass is 16.1. The monoisotopic (exact) mass is 199 g/mol. The molecule has 1 aromatic carbocycles. The topological polar surface area (TPSA) is 56.9 Å². The predicted octanol–water partition coefficient (Wildman–Crippen LogP) is -0.888. The first-order chi connectivity index (χ1) is 7.36. The Balaban J connectivity index is 2.65. The van der Waals surface area contributed by atoms with E-state index in [0.717, 1.165) is 10.9 Å². The van der Waals surface area contributed by atoms with E-state index in [1.165, 1.54) is 0 Å². The average molecular weight is 199 g/mol. The first kappa shape index (κ1) is 8.11. The number of hydrogen-bond acceptors (Lipinski definition) is 3. The standard InChI is InChI=1S/C11H9N3O/c15-11-7-3-1-2-4-9(7)14-10-6-13-12-5-8(10)11/h1-6,12-14H. The maximum atomic E-state index is 12.0. The minimum absolute atomic E-state index is 0.0459. The lowest BCUT2D eigenvalue weighted by molar-refractivity contribution is 0.836. The lowest BCUT2D eigenvalue weighted by atomic mass is 10.2. The SMILES string of the molecule is O=c1c2c([nH]c3ccccc13)=CNNC=2. The Hall–Kier alpha value is -2.23. The number of H-pyrrole nitrogens is 1. The van der Waals surface area contributed by atoms with E-state index in [9.17, 15) is 4.79 Å². The van der Waals surface area contributed by atoms with Crippen molar-refractivity contribution in [1.29, 1.82) is 0 Å². The highest BCUT2D eigenvalue weighted by Gasteiger charge is 2.02. The van der Waals surface area contributed by atoms with Gasteiger partial charge in [-0.15, -0.1) is 0 Å². The molecule has 2 heterocycles. The van der Waals surface area contributed by atoms with Gasteiger partial charge in [0.25, 0.3) is 0 Å². The Bertz CT molecular complexity index is 700. The van der Waals surface area contributed by atoms with Crippen LogP contribution < -0.4 is 26.8 Å². The van der Waals surface area contributed by atoms with Gasteiger partial charge in [0.05, 0.1) is 10.6 Å². The molecule has 1 aliphatic rings. The molecule has 74 valence electrons. The molecule has 3 rings (SSSR count). The zero-order valence-electron chi connectivity index (χ0n) is 7.87. The number of aromatic amines is 1. The zero-order valence-corrected chi connectivity index (χ0v) is 7.87. The first-order valence-corrected chi connectivity index (χ1v) is 4.69. The van der Waals surface area contributed by atoms with Crippen molar-refractivity contribution >= 4 is 23.3 Å². The second kappa shape index (κ2) is 2.88. The molecule has 4 nitrogen and oxygen atoms in total. The molecule has 15 heavy (non-hydrogen) atoms.